The Balaban J connectivity index is 2.11. The van der Waals surface area contributed by atoms with Crippen molar-refractivity contribution >= 4 is 28.3 Å². The zero-order chi connectivity index (χ0) is 15.0. The summed E-state index contributed by atoms with van der Waals surface area (Å²) >= 11 is 1.13. The van der Waals surface area contributed by atoms with Crippen LogP contribution in [0.3, 0.4) is 0 Å². The van der Waals surface area contributed by atoms with Gasteiger partial charge < -0.3 is 9.15 Å². The molecule has 0 radical (unpaired) electrons. The van der Waals surface area contributed by atoms with Crippen LogP contribution in [0.25, 0.3) is 21.5 Å². The second-order valence-electron chi connectivity index (χ2n) is 4.21. The standard InChI is InChI=1S/C14H8FNO4S/c1-7(17)19-12-6-21-13(16-12)10-5-8-4-9(15)2-3-11(8)20-14(10)18/h2-6H,1H3. The second-order valence-corrected chi connectivity index (χ2v) is 5.07. The minimum absolute atomic E-state index is 0.112. The Hall–Kier alpha value is -2.54. The van der Waals surface area contributed by atoms with Gasteiger partial charge in [-0.05, 0) is 24.3 Å². The minimum atomic E-state index is -0.585. The van der Waals surface area contributed by atoms with Crippen LogP contribution in [-0.4, -0.2) is 11.0 Å². The number of benzene rings is 1. The molecule has 0 saturated heterocycles. The Kier molecular flexibility index (Phi) is 3.26. The van der Waals surface area contributed by atoms with Gasteiger partial charge in [0, 0.05) is 12.3 Å². The first-order valence-corrected chi connectivity index (χ1v) is 6.78. The van der Waals surface area contributed by atoms with Gasteiger partial charge in [-0.15, -0.1) is 11.3 Å². The molecule has 1 aromatic carbocycles. The third-order valence-corrected chi connectivity index (χ3v) is 3.51. The van der Waals surface area contributed by atoms with E-state index < -0.39 is 17.4 Å². The van der Waals surface area contributed by atoms with Gasteiger partial charge in [-0.1, -0.05) is 0 Å². The highest BCUT2D eigenvalue weighted by Crippen LogP contribution is 2.27. The molecule has 0 unspecified atom stereocenters. The SMILES string of the molecule is CC(=O)Oc1csc(-c2cc3cc(F)ccc3oc2=O)n1. The molecule has 106 valence electrons. The average molecular weight is 305 g/mol. The molecule has 0 amide bonds. The quantitative estimate of drug-likeness (QED) is 0.538. The van der Waals surface area contributed by atoms with E-state index in [4.69, 9.17) is 9.15 Å². The summed E-state index contributed by atoms with van der Waals surface area (Å²) in [7, 11) is 0. The molecule has 3 rings (SSSR count). The van der Waals surface area contributed by atoms with Crippen molar-refractivity contribution < 1.29 is 18.3 Å². The number of hydrogen-bond donors (Lipinski definition) is 0. The van der Waals surface area contributed by atoms with Crippen LogP contribution in [0.15, 0.2) is 38.9 Å². The van der Waals surface area contributed by atoms with Gasteiger partial charge in [0.2, 0.25) is 5.88 Å². The summed E-state index contributed by atoms with van der Waals surface area (Å²) in [6.45, 7) is 1.26. The first-order chi connectivity index (χ1) is 10.0. The molecular weight excluding hydrogens is 297 g/mol. The Morgan fingerprint density at radius 2 is 2.19 bits per heavy atom. The number of carbonyl (C=O) groups excluding carboxylic acids is 1. The smallest absolute Gasteiger partial charge is 0.346 e. The zero-order valence-electron chi connectivity index (χ0n) is 10.8. The number of carbonyl (C=O) groups is 1. The second kappa shape index (κ2) is 5.10. The largest absolute Gasteiger partial charge is 0.422 e. The maximum Gasteiger partial charge on any atom is 0.346 e. The normalized spacial score (nSPS) is 10.8. The monoisotopic (exact) mass is 305 g/mol. The molecule has 2 heterocycles. The number of esters is 1. The lowest BCUT2D eigenvalue weighted by Gasteiger charge is -1.99. The number of thiazole rings is 1. The van der Waals surface area contributed by atoms with Gasteiger partial charge >= 0.3 is 11.6 Å². The lowest BCUT2D eigenvalue weighted by atomic mass is 10.2. The number of rotatable bonds is 2. The number of nitrogens with zero attached hydrogens (tertiary/aromatic N) is 1. The maximum absolute atomic E-state index is 13.2. The van der Waals surface area contributed by atoms with Gasteiger partial charge in [0.15, 0.2) is 0 Å². The Labute approximate surface area is 121 Å². The Bertz CT molecular complexity index is 899. The van der Waals surface area contributed by atoms with E-state index in [1.54, 1.807) is 0 Å². The highest BCUT2D eigenvalue weighted by atomic mass is 32.1. The van der Waals surface area contributed by atoms with Crippen molar-refractivity contribution in [3.8, 4) is 16.5 Å². The van der Waals surface area contributed by atoms with Crippen LogP contribution in [0.1, 0.15) is 6.92 Å². The van der Waals surface area contributed by atoms with E-state index in [1.165, 1.54) is 36.6 Å². The van der Waals surface area contributed by atoms with Crippen molar-refractivity contribution in [2.45, 2.75) is 6.92 Å². The maximum atomic E-state index is 13.2. The molecule has 7 heteroatoms. The molecule has 0 fully saturated rings. The molecule has 21 heavy (non-hydrogen) atoms. The third kappa shape index (κ3) is 2.68. The molecule has 0 saturated carbocycles. The van der Waals surface area contributed by atoms with Crippen LogP contribution in [0, 0.1) is 5.82 Å². The predicted molar refractivity (Wildman–Crippen MR) is 74.9 cm³/mol. The van der Waals surface area contributed by atoms with Crippen molar-refractivity contribution in [3.05, 3.63) is 45.9 Å². The minimum Gasteiger partial charge on any atom is -0.422 e. The van der Waals surface area contributed by atoms with Gasteiger partial charge in [0.1, 0.15) is 16.4 Å². The van der Waals surface area contributed by atoms with Crippen molar-refractivity contribution in [2.75, 3.05) is 0 Å². The fourth-order valence-corrected chi connectivity index (χ4v) is 2.55. The number of aromatic nitrogens is 1. The Morgan fingerprint density at radius 1 is 1.38 bits per heavy atom. The number of halogens is 1. The topological polar surface area (TPSA) is 69.4 Å². The predicted octanol–water partition coefficient (Wildman–Crippen LogP) is 2.98. The number of hydrogen-bond acceptors (Lipinski definition) is 6. The van der Waals surface area contributed by atoms with Crippen LogP contribution in [0.5, 0.6) is 5.88 Å². The van der Waals surface area contributed by atoms with Gasteiger partial charge in [-0.25, -0.2) is 14.2 Å². The summed E-state index contributed by atoms with van der Waals surface area (Å²) in [4.78, 5) is 26.8. The van der Waals surface area contributed by atoms with Gasteiger partial charge in [-0.3, -0.25) is 4.79 Å². The number of fused-ring (bicyclic) bond motifs is 1. The van der Waals surface area contributed by atoms with E-state index in [0.29, 0.717) is 16.0 Å². The fourth-order valence-electron chi connectivity index (χ4n) is 1.82. The molecular formula is C14H8FNO4S. The van der Waals surface area contributed by atoms with E-state index >= 15 is 0 Å². The summed E-state index contributed by atoms with van der Waals surface area (Å²) in [5, 5.41) is 2.30. The van der Waals surface area contributed by atoms with Gasteiger partial charge in [-0.2, -0.15) is 0 Å². The van der Waals surface area contributed by atoms with E-state index in [9.17, 15) is 14.0 Å². The van der Waals surface area contributed by atoms with Crippen LogP contribution in [-0.2, 0) is 4.79 Å². The van der Waals surface area contributed by atoms with E-state index in [2.05, 4.69) is 4.98 Å². The molecule has 5 nitrogen and oxygen atoms in total. The fraction of sp³-hybridized carbons (Fsp3) is 0.0714. The lowest BCUT2D eigenvalue weighted by Crippen LogP contribution is -2.04. The first kappa shape index (κ1) is 13.4. The molecule has 2 aromatic heterocycles. The van der Waals surface area contributed by atoms with Crippen molar-refractivity contribution in [1.29, 1.82) is 0 Å². The van der Waals surface area contributed by atoms with Crippen LogP contribution in [0.4, 0.5) is 4.39 Å². The summed E-state index contributed by atoms with van der Waals surface area (Å²) in [6.07, 6.45) is 0. The van der Waals surface area contributed by atoms with Crippen molar-refractivity contribution in [3.63, 3.8) is 0 Å². The average Bonchev–Trinajstić information content (AvgIpc) is 2.86. The third-order valence-electron chi connectivity index (χ3n) is 2.66. The summed E-state index contributed by atoms with van der Waals surface area (Å²) < 4.78 is 23.2. The van der Waals surface area contributed by atoms with Crippen LogP contribution < -0.4 is 10.4 Å². The Morgan fingerprint density at radius 3 is 2.95 bits per heavy atom. The van der Waals surface area contributed by atoms with Gasteiger partial charge in [0.25, 0.3) is 0 Å². The van der Waals surface area contributed by atoms with E-state index in [-0.39, 0.29) is 11.4 Å². The molecule has 0 aliphatic rings. The van der Waals surface area contributed by atoms with Crippen LogP contribution >= 0.6 is 11.3 Å². The molecule has 0 bridgehead atoms. The van der Waals surface area contributed by atoms with Crippen molar-refractivity contribution in [2.24, 2.45) is 0 Å². The van der Waals surface area contributed by atoms with E-state index in [0.717, 1.165) is 11.3 Å². The highest BCUT2D eigenvalue weighted by Gasteiger charge is 2.13. The van der Waals surface area contributed by atoms with E-state index in [1.807, 2.05) is 0 Å². The van der Waals surface area contributed by atoms with Crippen molar-refractivity contribution in [1.82, 2.24) is 4.98 Å². The molecule has 3 aromatic rings. The van der Waals surface area contributed by atoms with Gasteiger partial charge in [0.05, 0.1) is 10.9 Å². The lowest BCUT2D eigenvalue weighted by molar-refractivity contribution is -0.132. The summed E-state index contributed by atoms with van der Waals surface area (Å²) in [5.41, 5.74) is -0.101. The zero-order valence-corrected chi connectivity index (χ0v) is 11.6. The molecule has 0 aliphatic carbocycles. The molecule has 0 atom stereocenters. The van der Waals surface area contributed by atoms with Crippen LogP contribution in [0.2, 0.25) is 0 Å². The summed E-state index contributed by atoms with van der Waals surface area (Å²) in [6, 6.07) is 5.37. The first-order valence-electron chi connectivity index (χ1n) is 5.90. The summed E-state index contributed by atoms with van der Waals surface area (Å²) in [5.74, 6) is -0.817. The molecule has 0 spiro atoms. The number of ether oxygens (including phenoxy) is 1. The highest BCUT2D eigenvalue weighted by molar-refractivity contribution is 7.13. The molecule has 0 aliphatic heterocycles. The molecule has 0 N–H and O–H groups in total.